The van der Waals surface area contributed by atoms with Gasteiger partial charge in [0.2, 0.25) is 0 Å². The molecule has 1 aromatic carbocycles. The number of aliphatic hydroxyl groups excluding tert-OH is 2. The van der Waals surface area contributed by atoms with Crippen molar-refractivity contribution in [2.24, 2.45) is 0 Å². The van der Waals surface area contributed by atoms with Crippen molar-refractivity contribution >= 4 is 5.97 Å². The lowest BCUT2D eigenvalue weighted by Gasteiger charge is -2.13. The zero-order chi connectivity index (χ0) is 10.7. The fourth-order valence-electron chi connectivity index (χ4n) is 1.27. The molecule has 2 unspecified atom stereocenters. The summed E-state index contributed by atoms with van der Waals surface area (Å²) in [5.74, 6) is -1.32. The smallest absolute Gasteiger partial charge is 0.337 e. The first-order valence-electron chi connectivity index (χ1n) is 4.21. The SMILES string of the molecule is CC(O)c1ccccc1C(O)C(=O)O. The molecule has 0 aliphatic rings. The third-order valence-electron chi connectivity index (χ3n) is 1.97. The van der Waals surface area contributed by atoms with Gasteiger partial charge in [0, 0.05) is 0 Å². The summed E-state index contributed by atoms with van der Waals surface area (Å²) in [7, 11) is 0. The number of hydrogen-bond donors (Lipinski definition) is 3. The Hall–Kier alpha value is -1.39. The lowest BCUT2D eigenvalue weighted by atomic mass is 9.99. The van der Waals surface area contributed by atoms with Crippen LogP contribution in [-0.4, -0.2) is 21.3 Å². The number of carbonyl (C=O) groups is 1. The van der Waals surface area contributed by atoms with Crippen molar-refractivity contribution in [1.29, 1.82) is 0 Å². The largest absolute Gasteiger partial charge is 0.479 e. The Morgan fingerprint density at radius 2 is 1.71 bits per heavy atom. The lowest BCUT2D eigenvalue weighted by Crippen LogP contribution is -2.13. The van der Waals surface area contributed by atoms with Crippen molar-refractivity contribution in [3.63, 3.8) is 0 Å². The molecule has 0 aliphatic heterocycles. The van der Waals surface area contributed by atoms with E-state index in [1.165, 1.54) is 13.0 Å². The van der Waals surface area contributed by atoms with E-state index in [1.807, 2.05) is 0 Å². The van der Waals surface area contributed by atoms with Gasteiger partial charge in [0.05, 0.1) is 6.10 Å². The van der Waals surface area contributed by atoms with Gasteiger partial charge in [0.1, 0.15) is 0 Å². The summed E-state index contributed by atoms with van der Waals surface area (Å²) in [6.45, 7) is 1.52. The van der Waals surface area contributed by atoms with Crippen molar-refractivity contribution in [2.45, 2.75) is 19.1 Å². The molecule has 1 aromatic rings. The van der Waals surface area contributed by atoms with E-state index in [9.17, 15) is 15.0 Å². The van der Waals surface area contributed by atoms with Gasteiger partial charge in [0.15, 0.2) is 6.10 Å². The van der Waals surface area contributed by atoms with E-state index < -0.39 is 18.2 Å². The summed E-state index contributed by atoms with van der Waals surface area (Å²) < 4.78 is 0. The molecule has 0 amide bonds. The summed E-state index contributed by atoms with van der Waals surface area (Å²) in [4.78, 5) is 10.5. The molecule has 0 saturated heterocycles. The zero-order valence-electron chi connectivity index (χ0n) is 7.71. The Balaban J connectivity index is 3.13. The average Bonchev–Trinajstić information content (AvgIpc) is 2.16. The van der Waals surface area contributed by atoms with Gasteiger partial charge in [-0.15, -0.1) is 0 Å². The minimum Gasteiger partial charge on any atom is -0.479 e. The van der Waals surface area contributed by atoms with Crippen molar-refractivity contribution in [3.8, 4) is 0 Å². The summed E-state index contributed by atoms with van der Waals surface area (Å²) in [6, 6.07) is 6.38. The number of benzene rings is 1. The summed E-state index contributed by atoms with van der Waals surface area (Å²) in [5.41, 5.74) is 0.664. The Morgan fingerprint density at radius 3 is 2.14 bits per heavy atom. The monoisotopic (exact) mass is 196 g/mol. The molecular formula is C10H12O4. The highest BCUT2D eigenvalue weighted by Crippen LogP contribution is 2.23. The minimum atomic E-state index is -1.58. The standard InChI is InChI=1S/C10H12O4/c1-6(11)7-4-2-3-5-8(7)9(12)10(13)14/h2-6,9,11-12H,1H3,(H,13,14). The highest BCUT2D eigenvalue weighted by Gasteiger charge is 2.20. The maximum atomic E-state index is 10.5. The highest BCUT2D eigenvalue weighted by atomic mass is 16.4. The Morgan fingerprint density at radius 1 is 1.21 bits per heavy atom. The quantitative estimate of drug-likeness (QED) is 0.670. The number of hydrogen-bond acceptors (Lipinski definition) is 3. The fraction of sp³-hybridized carbons (Fsp3) is 0.300. The number of aliphatic hydroxyl groups is 2. The molecule has 0 saturated carbocycles. The van der Waals surface area contributed by atoms with Crippen LogP contribution in [0.3, 0.4) is 0 Å². The molecule has 4 nitrogen and oxygen atoms in total. The van der Waals surface area contributed by atoms with Crippen molar-refractivity contribution in [1.82, 2.24) is 0 Å². The van der Waals surface area contributed by atoms with Gasteiger partial charge >= 0.3 is 5.97 Å². The molecular weight excluding hydrogens is 184 g/mol. The van der Waals surface area contributed by atoms with Crippen LogP contribution in [0.15, 0.2) is 24.3 Å². The van der Waals surface area contributed by atoms with Crippen LogP contribution in [-0.2, 0) is 4.79 Å². The summed E-state index contributed by atoms with van der Waals surface area (Å²) in [6.07, 6.45) is -2.37. The van der Waals surface area contributed by atoms with Crippen LogP contribution in [0.5, 0.6) is 0 Å². The maximum Gasteiger partial charge on any atom is 0.337 e. The first-order valence-corrected chi connectivity index (χ1v) is 4.21. The molecule has 4 heteroatoms. The van der Waals surface area contributed by atoms with Crippen LogP contribution >= 0.6 is 0 Å². The third-order valence-corrected chi connectivity index (χ3v) is 1.97. The second-order valence-corrected chi connectivity index (χ2v) is 3.05. The van der Waals surface area contributed by atoms with Crippen LogP contribution in [0.25, 0.3) is 0 Å². The summed E-state index contributed by atoms with van der Waals surface area (Å²) >= 11 is 0. The molecule has 1 rings (SSSR count). The predicted molar refractivity (Wildman–Crippen MR) is 49.7 cm³/mol. The van der Waals surface area contributed by atoms with E-state index in [2.05, 4.69) is 0 Å². The Labute approximate surface area is 81.4 Å². The maximum absolute atomic E-state index is 10.5. The summed E-state index contributed by atoms with van der Waals surface area (Å²) in [5, 5.41) is 27.3. The minimum absolute atomic E-state index is 0.231. The molecule has 14 heavy (non-hydrogen) atoms. The van der Waals surface area contributed by atoms with Gasteiger partial charge in [-0.1, -0.05) is 24.3 Å². The van der Waals surface area contributed by atoms with Gasteiger partial charge in [-0.3, -0.25) is 0 Å². The molecule has 0 radical (unpaired) electrons. The predicted octanol–water partition coefficient (Wildman–Crippen LogP) is 0.858. The molecule has 76 valence electrons. The normalized spacial score (nSPS) is 14.8. The van der Waals surface area contributed by atoms with Crippen LogP contribution in [0.1, 0.15) is 30.3 Å². The lowest BCUT2D eigenvalue weighted by molar-refractivity contribution is -0.147. The topological polar surface area (TPSA) is 77.8 Å². The molecule has 0 fully saturated rings. The number of carboxylic acid groups (broad SMARTS) is 1. The second-order valence-electron chi connectivity index (χ2n) is 3.05. The van der Waals surface area contributed by atoms with Crippen LogP contribution in [0.2, 0.25) is 0 Å². The molecule has 3 N–H and O–H groups in total. The average molecular weight is 196 g/mol. The first kappa shape index (κ1) is 10.7. The van der Waals surface area contributed by atoms with Gasteiger partial charge in [-0.25, -0.2) is 4.79 Å². The fourth-order valence-corrected chi connectivity index (χ4v) is 1.27. The van der Waals surface area contributed by atoms with E-state index >= 15 is 0 Å². The molecule has 0 aromatic heterocycles. The van der Waals surface area contributed by atoms with Gasteiger partial charge in [-0.2, -0.15) is 0 Å². The molecule has 0 heterocycles. The highest BCUT2D eigenvalue weighted by molar-refractivity contribution is 5.74. The first-order chi connectivity index (χ1) is 6.54. The van der Waals surface area contributed by atoms with E-state index in [0.29, 0.717) is 5.56 Å². The van der Waals surface area contributed by atoms with Crippen molar-refractivity contribution in [3.05, 3.63) is 35.4 Å². The van der Waals surface area contributed by atoms with Crippen LogP contribution in [0.4, 0.5) is 0 Å². The Kier molecular flexibility index (Phi) is 3.22. The zero-order valence-corrected chi connectivity index (χ0v) is 7.71. The Bertz CT molecular complexity index is 333. The van der Waals surface area contributed by atoms with Crippen molar-refractivity contribution < 1.29 is 20.1 Å². The van der Waals surface area contributed by atoms with Gasteiger partial charge in [0.25, 0.3) is 0 Å². The third kappa shape index (κ3) is 2.10. The van der Waals surface area contributed by atoms with Crippen LogP contribution in [0, 0.1) is 0 Å². The number of aliphatic carboxylic acids is 1. The van der Waals surface area contributed by atoms with Crippen LogP contribution < -0.4 is 0 Å². The van der Waals surface area contributed by atoms with E-state index in [1.54, 1.807) is 18.2 Å². The molecule has 0 aliphatic carbocycles. The second kappa shape index (κ2) is 4.21. The van der Waals surface area contributed by atoms with E-state index in [4.69, 9.17) is 5.11 Å². The van der Waals surface area contributed by atoms with E-state index in [0.717, 1.165) is 0 Å². The molecule has 0 spiro atoms. The number of carboxylic acids is 1. The van der Waals surface area contributed by atoms with E-state index in [-0.39, 0.29) is 5.56 Å². The molecule has 0 bridgehead atoms. The van der Waals surface area contributed by atoms with Crippen molar-refractivity contribution in [2.75, 3.05) is 0 Å². The molecule has 2 atom stereocenters. The number of rotatable bonds is 3. The van der Waals surface area contributed by atoms with Gasteiger partial charge in [-0.05, 0) is 18.1 Å². The van der Waals surface area contributed by atoms with Gasteiger partial charge < -0.3 is 15.3 Å².